The zero-order valence-corrected chi connectivity index (χ0v) is 41.1. The smallest absolute Gasteiger partial charge is 0.157 e. The minimum atomic E-state index is -0.479. The van der Waals surface area contributed by atoms with Crippen molar-refractivity contribution in [2.24, 2.45) is 80.8 Å². The van der Waals surface area contributed by atoms with E-state index in [1.165, 1.54) is 64.2 Å². The number of alkyl halides is 1. The third kappa shape index (κ3) is 9.69. The Kier molecular flexibility index (Phi) is 16.0. The van der Waals surface area contributed by atoms with Crippen molar-refractivity contribution in [3.05, 3.63) is 35.9 Å². The lowest BCUT2D eigenvalue weighted by molar-refractivity contribution is -0.151. The molecular formula is C54H89BrN4O6. The summed E-state index contributed by atoms with van der Waals surface area (Å²) in [7, 11) is 0. The maximum Gasteiger partial charge on any atom is 0.157 e. The van der Waals surface area contributed by atoms with Gasteiger partial charge in [-0.2, -0.15) is 10.2 Å². The first kappa shape index (κ1) is 52.5. The Bertz CT molecular complexity index is 1920. The Balaban J connectivity index is 0.000000185. The van der Waals surface area contributed by atoms with E-state index in [0.29, 0.717) is 52.0 Å². The minimum Gasteiger partial charge on any atom is -0.392 e. The van der Waals surface area contributed by atoms with Gasteiger partial charge in [-0.25, -0.2) is 0 Å². The van der Waals surface area contributed by atoms with Gasteiger partial charge in [-0.15, -0.1) is 0 Å². The summed E-state index contributed by atoms with van der Waals surface area (Å²) in [6.45, 7) is 14.4. The van der Waals surface area contributed by atoms with Crippen LogP contribution in [0, 0.1) is 80.8 Å². The summed E-state index contributed by atoms with van der Waals surface area (Å²) in [6.07, 6.45) is 27.6. The largest absolute Gasteiger partial charge is 0.392 e. The van der Waals surface area contributed by atoms with Crippen LogP contribution in [0.2, 0.25) is 0 Å². The fourth-order valence-electron chi connectivity index (χ4n) is 17.2. The highest BCUT2D eigenvalue weighted by molar-refractivity contribution is 9.09. The highest BCUT2D eigenvalue weighted by atomic mass is 79.9. The van der Waals surface area contributed by atoms with E-state index in [2.05, 4.69) is 58.9 Å². The fourth-order valence-corrected chi connectivity index (χ4v) is 17.6. The molecule has 0 radical (unpaired) electrons. The first-order valence-corrected chi connectivity index (χ1v) is 26.2. The second-order valence-electron chi connectivity index (χ2n) is 24.1. The molecule has 65 heavy (non-hydrogen) atoms. The molecule has 8 aliphatic rings. The standard InChI is InChI=1S/C26H40N2O3.C22H35BrO2.C4H6N2O.2CH4/c1-24(31)10-11-25(2)18(12-24)4-5-19-20-6-7-22(26(20,3)9-8-21(19)25)23(30)15-28-14-17(16-29)13-27-28;1-20(25)10-11-21(2)14(12-20)4-5-15-16-6-7-18(19(24)13-23)22(16,3)9-8-17(15)21;7-3-4-1-5-6-2-4;;/h13-14,18-22,29,31H,4-12,15-16H2,1-3H3;14-18,25H,4-13H2,1-3H3;1-2,7H,3H2,(H,5,6);2*1H4/t18-,19+,20+,21+,22-,24-,25+,26+;14-,15+,16+,17+,18-,20-,21+,22+;;;/m11.../s1. The van der Waals surface area contributed by atoms with Crippen molar-refractivity contribution in [1.82, 2.24) is 20.0 Å². The van der Waals surface area contributed by atoms with E-state index in [-0.39, 0.29) is 50.7 Å². The number of hydrogen-bond acceptors (Lipinski definition) is 8. The minimum absolute atomic E-state index is 0. The third-order valence-electron chi connectivity index (χ3n) is 20.7. The van der Waals surface area contributed by atoms with Gasteiger partial charge in [-0.3, -0.25) is 19.4 Å². The molecule has 0 aromatic carbocycles. The van der Waals surface area contributed by atoms with E-state index >= 15 is 0 Å². The molecule has 0 unspecified atom stereocenters. The number of rotatable bonds is 7. The van der Waals surface area contributed by atoms with Crippen molar-refractivity contribution in [3.63, 3.8) is 0 Å². The summed E-state index contributed by atoms with van der Waals surface area (Å²) < 4.78 is 1.70. The van der Waals surface area contributed by atoms with Crippen LogP contribution in [-0.4, -0.2) is 68.5 Å². The van der Waals surface area contributed by atoms with Gasteiger partial charge >= 0.3 is 0 Å². The SMILES string of the molecule is C.C.C[C@@]1(O)CC[C@@]2(C)[C@H](CC[C@@H]3[C@@H]2CC[C@]2(C)[C@@H](C(=O)CBr)CC[C@@H]32)C1.C[C@@]1(O)CC[C@@]2(C)[C@H](CC[C@@H]3[C@@H]2CC[C@]2(C)[C@@H](C(=O)Cn4cc(CO)cn4)CC[C@@H]32)C1.OCc1cn[nH]c1. The predicted octanol–water partition coefficient (Wildman–Crippen LogP) is 10.9. The van der Waals surface area contributed by atoms with Crippen LogP contribution in [0.4, 0.5) is 0 Å². The van der Waals surface area contributed by atoms with Crippen LogP contribution in [0.15, 0.2) is 24.8 Å². The van der Waals surface area contributed by atoms with Crippen molar-refractivity contribution >= 4 is 27.5 Å². The van der Waals surface area contributed by atoms with Crippen LogP contribution in [0.3, 0.4) is 0 Å². The number of nitrogens with zero attached hydrogens (tertiary/aromatic N) is 3. The molecular weight excluding hydrogens is 881 g/mol. The number of hydrogen-bond donors (Lipinski definition) is 5. The average Bonchev–Trinajstić information content (AvgIpc) is 4.07. The van der Waals surface area contributed by atoms with Gasteiger partial charge in [0, 0.05) is 35.4 Å². The lowest BCUT2D eigenvalue weighted by Gasteiger charge is -2.61. The van der Waals surface area contributed by atoms with E-state index in [1.807, 2.05) is 13.8 Å². The van der Waals surface area contributed by atoms with Crippen molar-refractivity contribution < 1.29 is 30.0 Å². The molecule has 8 fully saturated rings. The maximum atomic E-state index is 13.3. The maximum absolute atomic E-state index is 13.3. The molecule has 2 aromatic rings. The fraction of sp³-hybridized carbons (Fsp3) is 0.852. The molecule has 2 heterocycles. The Morgan fingerprint density at radius 3 is 1.52 bits per heavy atom. The van der Waals surface area contributed by atoms with E-state index in [0.717, 1.165) is 92.1 Å². The van der Waals surface area contributed by atoms with Crippen LogP contribution in [-0.2, 0) is 29.3 Å². The molecule has 10 rings (SSSR count). The topological polar surface area (TPSA) is 162 Å². The highest BCUT2D eigenvalue weighted by Gasteiger charge is 2.63. The van der Waals surface area contributed by atoms with Gasteiger partial charge in [-0.05, 0) is 198 Å². The lowest BCUT2D eigenvalue weighted by Crippen LogP contribution is -2.55. The summed E-state index contributed by atoms with van der Waals surface area (Å²) in [5, 5.41) is 49.9. The highest BCUT2D eigenvalue weighted by Crippen LogP contribution is 2.70. The first-order chi connectivity index (χ1) is 29.8. The molecule has 16 atom stereocenters. The third-order valence-corrected chi connectivity index (χ3v) is 21.3. The van der Waals surface area contributed by atoms with Crippen molar-refractivity contribution in [2.45, 2.75) is 203 Å². The number of aliphatic hydroxyl groups is 4. The number of Topliss-reactive ketones (excluding diaryl/α,β-unsaturated/α-hetero) is 2. The molecule has 0 amide bonds. The summed E-state index contributed by atoms with van der Waals surface area (Å²) in [5.41, 5.74) is 1.81. The quantitative estimate of drug-likeness (QED) is 0.171. The number of carbonyl (C=O) groups excluding carboxylic acids is 2. The Labute approximate surface area is 400 Å². The monoisotopic (exact) mass is 969 g/mol. The van der Waals surface area contributed by atoms with Crippen molar-refractivity contribution in [1.29, 1.82) is 0 Å². The Morgan fingerprint density at radius 2 is 1.11 bits per heavy atom. The zero-order chi connectivity index (χ0) is 45.2. The number of fused-ring (bicyclic) bond motifs is 10. The summed E-state index contributed by atoms with van der Waals surface area (Å²) in [4.78, 5) is 25.9. The lowest BCUT2D eigenvalue weighted by atomic mass is 9.44. The van der Waals surface area contributed by atoms with E-state index < -0.39 is 11.2 Å². The zero-order valence-electron chi connectivity index (χ0n) is 39.5. The molecule has 8 saturated carbocycles. The molecule has 0 saturated heterocycles. The number of halogens is 1. The number of aromatic amines is 1. The van der Waals surface area contributed by atoms with Gasteiger partial charge in [-0.1, -0.05) is 58.5 Å². The van der Waals surface area contributed by atoms with Crippen LogP contribution in [0.25, 0.3) is 0 Å². The summed E-state index contributed by atoms with van der Waals surface area (Å²) in [5.74, 6) is 7.08. The number of ketones is 2. The number of nitrogens with one attached hydrogen (secondary N) is 1. The molecule has 0 spiro atoms. The normalized spacial score (nSPS) is 44.5. The van der Waals surface area contributed by atoms with Gasteiger partial charge in [0.15, 0.2) is 5.78 Å². The Hall–Kier alpha value is -1.92. The van der Waals surface area contributed by atoms with E-state index in [9.17, 15) is 24.9 Å². The van der Waals surface area contributed by atoms with Gasteiger partial charge in [0.05, 0.1) is 48.7 Å². The van der Waals surface area contributed by atoms with Crippen LogP contribution in [0.5, 0.6) is 0 Å². The van der Waals surface area contributed by atoms with Crippen LogP contribution in [0.1, 0.15) is 183 Å². The Morgan fingerprint density at radius 1 is 0.631 bits per heavy atom. The summed E-state index contributed by atoms with van der Waals surface area (Å²) >= 11 is 3.43. The van der Waals surface area contributed by atoms with Crippen molar-refractivity contribution in [3.8, 4) is 0 Å². The molecule has 0 bridgehead atoms. The van der Waals surface area contributed by atoms with Crippen molar-refractivity contribution in [2.75, 3.05) is 5.33 Å². The molecule has 0 aliphatic heterocycles. The molecule has 11 heteroatoms. The van der Waals surface area contributed by atoms with E-state index in [1.54, 1.807) is 29.5 Å². The van der Waals surface area contributed by atoms with Gasteiger partial charge in [0.25, 0.3) is 0 Å². The number of aliphatic hydroxyl groups excluding tert-OH is 2. The number of aromatic nitrogens is 4. The molecule has 5 N–H and O–H groups in total. The van der Waals surface area contributed by atoms with Gasteiger partial charge < -0.3 is 20.4 Å². The number of carbonyl (C=O) groups is 2. The van der Waals surface area contributed by atoms with Crippen LogP contribution < -0.4 is 0 Å². The number of H-pyrrole nitrogens is 1. The van der Waals surface area contributed by atoms with Gasteiger partial charge in [0.2, 0.25) is 0 Å². The van der Waals surface area contributed by atoms with E-state index in [4.69, 9.17) is 5.11 Å². The average molecular weight is 970 g/mol. The molecule has 2 aromatic heterocycles. The molecule has 368 valence electrons. The molecule has 10 nitrogen and oxygen atoms in total. The second kappa shape index (κ2) is 19.8. The first-order valence-electron chi connectivity index (χ1n) is 25.1. The molecule has 8 aliphatic carbocycles. The summed E-state index contributed by atoms with van der Waals surface area (Å²) in [6, 6.07) is 0. The van der Waals surface area contributed by atoms with Crippen LogP contribution >= 0.6 is 15.9 Å². The second-order valence-corrected chi connectivity index (χ2v) is 24.7. The predicted molar refractivity (Wildman–Crippen MR) is 262 cm³/mol. The van der Waals surface area contributed by atoms with Gasteiger partial charge in [0.1, 0.15) is 5.78 Å².